The molecule has 3 aliphatic heterocycles. The normalized spacial score (nSPS) is 35.5. The van der Waals surface area contributed by atoms with Crippen molar-refractivity contribution in [2.24, 2.45) is 29.3 Å². The summed E-state index contributed by atoms with van der Waals surface area (Å²) in [7, 11) is 0. The molecule has 0 amide bonds. The van der Waals surface area contributed by atoms with Gasteiger partial charge >= 0.3 is 0 Å². The average molecular weight is 603 g/mol. The van der Waals surface area contributed by atoms with Crippen LogP contribution in [0, 0.1) is 17.8 Å². The van der Waals surface area contributed by atoms with Crippen LogP contribution in [0.2, 0.25) is 0 Å². The maximum absolute atomic E-state index is 6.65. The van der Waals surface area contributed by atoms with E-state index in [1.165, 1.54) is 121 Å². The summed E-state index contributed by atoms with van der Waals surface area (Å²) in [6.07, 6.45) is 14.6. The number of hydrogen-bond donors (Lipinski definition) is 2. The first kappa shape index (κ1) is 28.5. The first-order valence-corrected chi connectivity index (χ1v) is 16.6. The van der Waals surface area contributed by atoms with E-state index in [0.29, 0.717) is 30.0 Å². The van der Waals surface area contributed by atoms with E-state index in [-0.39, 0.29) is 0 Å². The maximum Gasteiger partial charge on any atom is 0.0175 e. The van der Waals surface area contributed by atoms with E-state index in [4.69, 9.17) is 11.6 Å². The van der Waals surface area contributed by atoms with Gasteiger partial charge in [-0.3, -0.25) is 10.7 Å². The summed E-state index contributed by atoms with van der Waals surface area (Å²) < 4.78 is 1.31. The molecule has 0 radical (unpaired) electrons. The number of rotatable bonds is 10. The molecule has 0 aromatic heterocycles. The Hall–Kier alpha value is 0.490. The van der Waals surface area contributed by atoms with Crippen LogP contribution >= 0.6 is 22.6 Å². The van der Waals surface area contributed by atoms with Gasteiger partial charge in [-0.25, -0.2) is 5.01 Å². The Morgan fingerprint density at radius 1 is 0.771 bits per heavy atom. The second-order valence-electron chi connectivity index (χ2n) is 12.2. The standard InChI is InChI=1S/C28H55IN6/c1-2-3-4-5-13-32-17-19-34(20-18-32)28-11-16-35(31)22-26(28)25-21-24(30)6-7-27(25)33-14-9-23(8-12-29)10-15-33/h23-28H,2-22,30-31H2,1H3. The number of halogens is 1. The van der Waals surface area contributed by atoms with E-state index < -0.39 is 0 Å². The van der Waals surface area contributed by atoms with Crippen molar-refractivity contribution in [2.45, 2.75) is 95.7 Å². The minimum Gasteiger partial charge on any atom is -0.328 e. The molecule has 0 spiro atoms. The lowest BCUT2D eigenvalue weighted by Crippen LogP contribution is -2.62. The number of piperidine rings is 2. The lowest BCUT2D eigenvalue weighted by atomic mass is 9.69. The van der Waals surface area contributed by atoms with Gasteiger partial charge in [0.2, 0.25) is 0 Å². The Morgan fingerprint density at radius 3 is 2.20 bits per heavy atom. The highest BCUT2D eigenvalue weighted by atomic mass is 127. The third-order valence-corrected chi connectivity index (χ3v) is 10.6. The molecule has 0 aromatic carbocycles. The first-order chi connectivity index (χ1) is 17.1. The van der Waals surface area contributed by atoms with Gasteiger partial charge in [-0.15, -0.1) is 0 Å². The maximum atomic E-state index is 6.65. The van der Waals surface area contributed by atoms with Crippen molar-refractivity contribution in [1.29, 1.82) is 0 Å². The van der Waals surface area contributed by atoms with Gasteiger partial charge in [0.25, 0.3) is 0 Å². The van der Waals surface area contributed by atoms with Crippen LogP contribution in [0.15, 0.2) is 0 Å². The Labute approximate surface area is 230 Å². The van der Waals surface area contributed by atoms with E-state index in [0.717, 1.165) is 19.0 Å². The molecule has 5 atom stereocenters. The van der Waals surface area contributed by atoms with Crippen LogP contribution in [-0.4, -0.2) is 101 Å². The van der Waals surface area contributed by atoms with Gasteiger partial charge in [-0.05, 0) is 93.2 Å². The highest BCUT2D eigenvalue weighted by Crippen LogP contribution is 2.40. The number of piperazine rings is 1. The molecular formula is C28H55IN6. The molecule has 6 nitrogen and oxygen atoms in total. The molecule has 1 aliphatic carbocycles. The molecule has 35 heavy (non-hydrogen) atoms. The quantitative estimate of drug-likeness (QED) is 0.172. The van der Waals surface area contributed by atoms with Gasteiger partial charge in [0.15, 0.2) is 0 Å². The predicted molar refractivity (Wildman–Crippen MR) is 157 cm³/mol. The summed E-state index contributed by atoms with van der Waals surface area (Å²) in [5.41, 5.74) is 6.65. The van der Waals surface area contributed by atoms with Crippen molar-refractivity contribution >= 4 is 22.6 Å². The average Bonchev–Trinajstić information content (AvgIpc) is 2.88. The lowest BCUT2D eigenvalue weighted by molar-refractivity contribution is -0.0386. The Morgan fingerprint density at radius 2 is 1.49 bits per heavy atom. The highest BCUT2D eigenvalue weighted by molar-refractivity contribution is 14.1. The lowest BCUT2D eigenvalue weighted by Gasteiger charge is -2.53. The minimum atomic E-state index is 0.376. The second-order valence-corrected chi connectivity index (χ2v) is 13.3. The molecule has 0 aromatic rings. The fourth-order valence-corrected chi connectivity index (χ4v) is 8.70. The van der Waals surface area contributed by atoms with Crippen molar-refractivity contribution in [3.8, 4) is 0 Å². The summed E-state index contributed by atoms with van der Waals surface area (Å²) in [5.74, 6) is 8.81. The van der Waals surface area contributed by atoms with Crippen LogP contribution in [0.3, 0.4) is 0 Å². The van der Waals surface area contributed by atoms with Crippen LogP contribution in [0.1, 0.15) is 77.6 Å². The van der Waals surface area contributed by atoms with E-state index in [9.17, 15) is 0 Å². The largest absolute Gasteiger partial charge is 0.328 e. The van der Waals surface area contributed by atoms with Crippen LogP contribution < -0.4 is 11.6 Å². The summed E-state index contributed by atoms with van der Waals surface area (Å²) >= 11 is 2.56. The van der Waals surface area contributed by atoms with Crippen molar-refractivity contribution in [2.75, 3.05) is 63.3 Å². The van der Waals surface area contributed by atoms with E-state index in [1.54, 1.807) is 0 Å². The van der Waals surface area contributed by atoms with E-state index in [2.05, 4.69) is 49.2 Å². The number of nitrogens with two attached hydrogens (primary N) is 2. The molecule has 4 aliphatic rings. The van der Waals surface area contributed by atoms with Gasteiger partial charge in [-0.1, -0.05) is 48.8 Å². The topological polar surface area (TPSA) is 65.0 Å². The second kappa shape index (κ2) is 14.6. The van der Waals surface area contributed by atoms with Crippen molar-refractivity contribution < 1.29 is 0 Å². The van der Waals surface area contributed by atoms with Gasteiger partial charge in [0.1, 0.15) is 0 Å². The zero-order valence-electron chi connectivity index (χ0n) is 22.6. The van der Waals surface area contributed by atoms with E-state index in [1.807, 2.05) is 0 Å². The van der Waals surface area contributed by atoms with Gasteiger partial charge < -0.3 is 15.5 Å². The molecule has 0 bridgehead atoms. The van der Waals surface area contributed by atoms with Crippen molar-refractivity contribution in [3.63, 3.8) is 0 Å². The van der Waals surface area contributed by atoms with Crippen LogP contribution in [0.4, 0.5) is 0 Å². The number of hydrogen-bond acceptors (Lipinski definition) is 6. The summed E-state index contributed by atoms with van der Waals surface area (Å²) in [4.78, 5) is 8.48. The first-order valence-electron chi connectivity index (χ1n) is 15.1. The zero-order chi connectivity index (χ0) is 24.6. The predicted octanol–water partition coefficient (Wildman–Crippen LogP) is 3.78. The van der Waals surface area contributed by atoms with Crippen molar-refractivity contribution in [1.82, 2.24) is 19.7 Å². The SMILES string of the molecule is CCCCCCN1CCN(C2CCN(N)CC2C2CC(N)CCC2N2CCC(CCI)CC2)CC1. The van der Waals surface area contributed by atoms with Crippen molar-refractivity contribution in [3.05, 3.63) is 0 Å². The molecular weight excluding hydrogens is 547 g/mol. The summed E-state index contributed by atoms with van der Waals surface area (Å²) in [6.45, 7) is 13.3. The number of likely N-dealkylation sites (tertiary alicyclic amines) is 1. The molecule has 4 fully saturated rings. The molecule has 1 saturated carbocycles. The Bertz CT molecular complexity index is 592. The highest BCUT2D eigenvalue weighted by Gasteiger charge is 2.45. The van der Waals surface area contributed by atoms with Crippen LogP contribution in [0.5, 0.6) is 0 Å². The zero-order valence-corrected chi connectivity index (χ0v) is 24.8. The van der Waals surface area contributed by atoms with Crippen LogP contribution in [0.25, 0.3) is 0 Å². The van der Waals surface area contributed by atoms with Gasteiger partial charge in [0, 0.05) is 57.4 Å². The number of alkyl halides is 1. The smallest absolute Gasteiger partial charge is 0.0175 e. The Kier molecular flexibility index (Phi) is 11.9. The van der Waals surface area contributed by atoms with Crippen LogP contribution in [-0.2, 0) is 0 Å². The fourth-order valence-electron chi connectivity index (χ4n) is 7.82. The molecule has 3 saturated heterocycles. The third-order valence-electron chi connectivity index (χ3n) is 9.94. The summed E-state index contributed by atoms with van der Waals surface area (Å²) in [5, 5.41) is 2.13. The molecule has 204 valence electrons. The molecule has 4 rings (SSSR count). The molecule has 7 heteroatoms. The third kappa shape index (κ3) is 7.99. The number of hydrazine groups is 1. The molecule has 3 heterocycles. The van der Waals surface area contributed by atoms with E-state index >= 15 is 0 Å². The molecule has 4 N–H and O–H groups in total. The minimum absolute atomic E-state index is 0.376. The van der Waals surface area contributed by atoms with Gasteiger partial charge in [-0.2, -0.15) is 0 Å². The van der Waals surface area contributed by atoms with Gasteiger partial charge in [0.05, 0.1) is 0 Å². The Balaban J connectivity index is 1.38. The monoisotopic (exact) mass is 602 g/mol. The summed E-state index contributed by atoms with van der Waals surface area (Å²) in [6, 6.07) is 1.78. The number of nitrogens with zero attached hydrogens (tertiary/aromatic N) is 4. The number of unbranched alkanes of at least 4 members (excludes halogenated alkanes) is 3. The molecule has 5 unspecified atom stereocenters. The fraction of sp³-hybridized carbons (Fsp3) is 1.00.